The molecule has 0 aromatic heterocycles. The number of hydrogen-bond donors (Lipinski definition) is 2. The Labute approximate surface area is 377 Å². The van der Waals surface area contributed by atoms with Crippen LogP contribution in [0.25, 0.3) is 0 Å². The largest absolute Gasteiger partial charge is 0.383 e. The Morgan fingerprint density at radius 3 is 1.94 bits per heavy atom. The van der Waals surface area contributed by atoms with Gasteiger partial charge in [-0.1, -0.05) is 88.6 Å². The van der Waals surface area contributed by atoms with Crippen LogP contribution in [-0.4, -0.2) is 50.8 Å². The summed E-state index contributed by atoms with van der Waals surface area (Å²) in [5, 5.41) is 8.26. The van der Waals surface area contributed by atoms with Crippen LogP contribution in [-0.2, 0) is 33.1 Å². The van der Waals surface area contributed by atoms with Crippen LogP contribution in [0.5, 0.6) is 0 Å². The Morgan fingerprint density at radius 2 is 1.31 bits per heavy atom. The van der Waals surface area contributed by atoms with Crippen molar-refractivity contribution in [3.05, 3.63) is 153 Å². The fraction of sp³-hybridized carbons (Fsp3) is 0.400. The second-order valence-corrected chi connectivity index (χ2v) is 18.5. The highest BCUT2D eigenvalue weighted by molar-refractivity contribution is 6.33. The van der Waals surface area contributed by atoms with E-state index < -0.39 is 0 Å². The van der Waals surface area contributed by atoms with Crippen molar-refractivity contribution in [1.82, 2.24) is 0 Å². The van der Waals surface area contributed by atoms with Crippen LogP contribution in [0.2, 0.25) is 0 Å². The molecule has 0 unspecified atom stereocenters. The number of nitrogens with one attached hydrogen (secondary N) is 2. The van der Waals surface area contributed by atoms with E-state index >= 15 is 0 Å². The molecule has 2 N–H and O–H groups in total. The lowest BCUT2D eigenvalue weighted by molar-refractivity contribution is -0.441. The minimum atomic E-state index is -0.224. The van der Waals surface area contributed by atoms with Crippen molar-refractivity contribution >= 4 is 51.4 Å². The van der Waals surface area contributed by atoms with E-state index in [0.717, 1.165) is 66.6 Å². The van der Waals surface area contributed by atoms with E-state index in [4.69, 9.17) is 21.1 Å². The molecule has 7 heteroatoms. The van der Waals surface area contributed by atoms with Crippen LogP contribution in [0.3, 0.4) is 0 Å². The maximum Gasteiger partial charge on any atom is 0.210 e. The predicted molar refractivity (Wildman–Crippen MR) is 264 cm³/mol. The number of ether oxygens (including phenoxy) is 2. The van der Waals surface area contributed by atoms with Crippen LogP contribution >= 0.6 is 11.6 Å². The van der Waals surface area contributed by atoms with Crippen LogP contribution in [0, 0.1) is 0 Å². The molecule has 0 atom stereocenters. The molecule has 2 heterocycles. The fourth-order valence-corrected chi connectivity index (χ4v) is 9.74. The van der Waals surface area contributed by atoms with Gasteiger partial charge in [-0.3, -0.25) is 0 Å². The molecule has 4 aromatic rings. The van der Waals surface area contributed by atoms with Crippen molar-refractivity contribution < 1.29 is 14.0 Å². The molecule has 326 valence electrons. The highest BCUT2D eigenvalue weighted by Gasteiger charge is 2.45. The Morgan fingerprint density at radius 1 is 0.694 bits per heavy atom. The minimum Gasteiger partial charge on any atom is -0.383 e. The number of aryl methyl sites for hydroxylation is 2. The number of fused-ring (bicyclic) bond motifs is 2. The molecule has 0 amide bonds. The van der Waals surface area contributed by atoms with E-state index in [-0.39, 0.29) is 10.8 Å². The smallest absolute Gasteiger partial charge is 0.210 e. The second-order valence-electron chi connectivity index (χ2n) is 18.2. The van der Waals surface area contributed by atoms with E-state index in [2.05, 4.69) is 171 Å². The van der Waals surface area contributed by atoms with Crippen molar-refractivity contribution in [1.29, 1.82) is 0 Å². The van der Waals surface area contributed by atoms with E-state index in [1.165, 1.54) is 81.9 Å². The number of methoxy groups -OCH3 is 2. The quantitative estimate of drug-likeness (QED) is 0.0921. The van der Waals surface area contributed by atoms with Crippen LogP contribution in [0.15, 0.2) is 131 Å². The summed E-state index contributed by atoms with van der Waals surface area (Å²) in [6.45, 7) is 16.6. The summed E-state index contributed by atoms with van der Waals surface area (Å²) in [6.07, 6.45) is 17.9. The molecule has 7 rings (SSSR count). The van der Waals surface area contributed by atoms with Gasteiger partial charge in [0, 0.05) is 83.1 Å². The summed E-state index contributed by atoms with van der Waals surface area (Å²) in [5.74, 6) is 0. The first-order chi connectivity index (χ1) is 30.0. The molecule has 62 heavy (non-hydrogen) atoms. The van der Waals surface area contributed by atoms with Crippen LogP contribution in [0.4, 0.5) is 34.1 Å². The van der Waals surface area contributed by atoms with Crippen LogP contribution < -0.4 is 15.5 Å². The van der Waals surface area contributed by atoms with Gasteiger partial charge in [0.25, 0.3) is 0 Å². The van der Waals surface area contributed by atoms with E-state index in [9.17, 15) is 0 Å². The molecule has 4 aromatic carbocycles. The van der Waals surface area contributed by atoms with Crippen molar-refractivity contribution in [3.63, 3.8) is 0 Å². The summed E-state index contributed by atoms with van der Waals surface area (Å²) < 4.78 is 13.7. The van der Waals surface area contributed by atoms with E-state index in [1.807, 2.05) is 0 Å². The maximum absolute atomic E-state index is 7.29. The van der Waals surface area contributed by atoms with Gasteiger partial charge in [-0.25, -0.2) is 0 Å². The van der Waals surface area contributed by atoms with Gasteiger partial charge >= 0.3 is 0 Å². The lowest BCUT2D eigenvalue weighted by Crippen LogP contribution is -2.28. The zero-order chi connectivity index (χ0) is 43.9. The fourth-order valence-electron chi connectivity index (χ4n) is 9.42. The number of rotatable bonds is 19. The number of unbranched alkanes of at least 4 members (excludes halogenated alkanes) is 2. The number of nitrogens with zero attached hydrogens (tertiary/aromatic N) is 2. The first-order valence-corrected chi connectivity index (χ1v) is 23.3. The normalized spacial score (nSPS) is 17.9. The van der Waals surface area contributed by atoms with Crippen molar-refractivity contribution in [2.45, 2.75) is 104 Å². The molecule has 0 fully saturated rings. The standard InChI is InChI=1S/C55H68ClN4O2/c1-9-11-15-39-17-13-19-43(35-39)57-45-25-27-49-47(37-45)54(3,4)51(59(49)31-33-61-7)29-23-41-21-22-42(53(41)56)24-30-52-55(5,6)48-38-46(26-28-50(48)60(52)32-34-62-8)58-44-20-14-18-40(36-44)16-12-10-2/h13-14,17-20,23-30,35-38,57-58H,9-12,15-16,21-22,31-34H2,1-8H3/q+1. The Bertz CT molecular complexity index is 2400. The Kier molecular flexibility index (Phi) is 14.6. The third-order valence-electron chi connectivity index (χ3n) is 13.0. The molecule has 2 aliphatic heterocycles. The first-order valence-electron chi connectivity index (χ1n) is 22.9. The zero-order valence-electron chi connectivity index (χ0n) is 38.5. The van der Waals surface area contributed by atoms with Gasteiger partial charge in [0.05, 0.1) is 12.0 Å². The van der Waals surface area contributed by atoms with Gasteiger partial charge in [0.15, 0.2) is 12.3 Å². The molecule has 0 saturated heterocycles. The van der Waals surface area contributed by atoms with Gasteiger partial charge in [-0.15, -0.1) is 0 Å². The Balaban J connectivity index is 1.13. The molecular formula is C55H68ClN4O2+. The molecular weight excluding hydrogens is 784 g/mol. The number of hydrogen-bond acceptors (Lipinski definition) is 5. The molecule has 6 nitrogen and oxygen atoms in total. The summed E-state index contributed by atoms with van der Waals surface area (Å²) in [7, 11) is 3.55. The van der Waals surface area contributed by atoms with Crippen LogP contribution in [0.1, 0.15) is 102 Å². The third kappa shape index (κ3) is 9.84. The second kappa shape index (κ2) is 20.1. The van der Waals surface area contributed by atoms with Gasteiger partial charge < -0.3 is 25.0 Å². The van der Waals surface area contributed by atoms with Crippen molar-refractivity contribution in [2.24, 2.45) is 0 Å². The highest BCUT2D eigenvalue weighted by Crippen LogP contribution is 2.49. The molecule has 1 aliphatic carbocycles. The number of allylic oxidation sites excluding steroid dienone is 8. The van der Waals surface area contributed by atoms with Gasteiger partial charge in [0.1, 0.15) is 6.61 Å². The molecule has 3 aliphatic rings. The van der Waals surface area contributed by atoms with E-state index in [1.54, 1.807) is 14.2 Å². The monoisotopic (exact) mass is 852 g/mol. The molecule has 0 saturated carbocycles. The lowest BCUT2D eigenvalue weighted by Gasteiger charge is -2.26. The highest BCUT2D eigenvalue weighted by atomic mass is 35.5. The van der Waals surface area contributed by atoms with Gasteiger partial charge in [-0.2, -0.15) is 4.58 Å². The maximum atomic E-state index is 7.29. The molecule has 0 bridgehead atoms. The third-order valence-corrected chi connectivity index (χ3v) is 13.5. The summed E-state index contributed by atoms with van der Waals surface area (Å²) in [5.41, 5.74) is 16.7. The minimum absolute atomic E-state index is 0.224. The SMILES string of the molecule is CCCCc1cccc(Nc2ccc3c(c2)C(C)(C)C(/C=C/C2=C(Cl)C(=C/C=C4\N(CCOC)c5ccc(Nc6cccc(CCCC)c6)cc5C4(C)C)/CC2)=[N+]3CCOC)c1. The number of benzene rings is 4. The van der Waals surface area contributed by atoms with E-state index in [0.29, 0.717) is 13.2 Å². The number of halogens is 1. The predicted octanol–water partition coefficient (Wildman–Crippen LogP) is 14.0. The lowest BCUT2D eigenvalue weighted by atomic mass is 9.81. The first kappa shape index (κ1) is 45.2. The molecule has 0 radical (unpaired) electrons. The number of anilines is 5. The average molecular weight is 853 g/mol. The topological polar surface area (TPSA) is 48.8 Å². The molecule has 0 spiro atoms. The summed E-state index contributed by atoms with van der Waals surface area (Å²) >= 11 is 7.29. The van der Waals surface area contributed by atoms with Gasteiger partial charge in [0.2, 0.25) is 5.69 Å². The Hall–Kier alpha value is -4.88. The van der Waals surface area contributed by atoms with Gasteiger partial charge in [-0.05, 0) is 141 Å². The summed E-state index contributed by atoms with van der Waals surface area (Å²) in [6, 6.07) is 31.2. The van der Waals surface area contributed by atoms with Crippen molar-refractivity contribution in [2.75, 3.05) is 56.1 Å². The average Bonchev–Trinajstić information content (AvgIpc) is 3.80. The van der Waals surface area contributed by atoms with Crippen molar-refractivity contribution in [3.8, 4) is 0 Å². The summed E-state index contributed by atoms with van der Waals surface area (Å²) in [4.78, 5) is 2.43. The zero-order valence-corrected chi connectivity index (χ0v) is 39.2.